The highest BCUT2D eigenvalue weighted by molar-refractivity contribution is 6.31. The predicted molar refractivity (Wildman–Crippen MR) is 147 cm³/mol. The summed E-state index contributed by atoms with van der Waals surface area (Å²) in [5, 5.41) is 22.9. The monoisotopic (exact) mass is 554 g/mol. The van der Waals surface area contributed by atoms with Crippen molar-refractivity contribution in [3.05, 3.63) is 100 Å². The number of ketones is 2. The summed E-state index contributed by atoms with van der Waals surface area (Å²) in [4.78, 5) is 50.9. The minimum atomic E-state index is -1.22. The van der Waals surface area contributed by atoms with Crippen LogP contribution in [-0.2, 0) is 14.3 Å². The number of nitrogens with zero attached hydrogens (tertiary/aromatic N) is 1. The van der Waals surface area contributed by atoms with Gasteiger partial charge in [-0.05, 0) is 38.1 Å². The summed E-state index contributed by atoms with van der Waals surface area (Å²) in [6.45, 7) is 6.11. The number of aliphatic hydroxyl groups excluding tert-OH is 1. The molecule has 0 heterocycles. The van der Waals surface area contributed by atoms with Crippen LogP contribution >= 0.6 is 0 Å². The van der Waals surface area contributed by atoms with E-state index in [1.807, 2.05) is 0 Å². The largest absolute Gasteiger partial charge is 0.493 e. The molecule has 0 aromatic heterocycles. The van der Waals surface area contributed by atoms with E-state index in [1.165, 1.54) is 37.3 Å². The minimum absolute atomic E-state index is 0.0287. The van der Waals surface area contributed by atoms with Crippen molar-refractivity contribution in [3.63, 3.8) is 0 Å². The maximum Gasteiger partial charge on any atom is 0.338 e. The Morgan fingerprint density at radius 2 is 1.61 bits per heavy atom. The van der Waals surface area contributed by atoms with Crippen LogP contribution in [0.3, 0.4) is 0 Å². The maximum absolute atomic E-state index is 13.6. The van der Waals surface area contributed by atoms with Crippen molar-refractivity contribution in [3.8, 4) is 11.8 Å². The molecule has 1 atom stereocenters. The summed E-state index contributed by atoms with van der Waals surface area (Å²) in [5.74, 6) is -2.06. The molecule has 41 heavy (non-hydrogen) atoms. The Morgan fingerprint density at radius 1 is 1.00 bits per heavy atom. The van der Waals surface area contributed by atoms with Crippen LogP contribution in [0.1, 0.15) is 61.6 Å². The van der Waals surface area contributed by atoms with Crippen molar-refractivity contribution in [1.82, 2.24) is 0 Å². The van der Waals surface area contributed by atoms with Gasteiger partial charge in [0.25, 0.3) is 0 Å². The second-order valence-electron chi connectivity index (χ2n) is 9.13. The second kappa shape index (κ2) is 12.3. The van der Waals surface area contributed by atoms with Crippen molar-refractivity contribution in [2.45, 2.75) is 20.0 Å². The number of esters is 2. The summed E-state index contributed by atoms with van der Waals surface area (Å²) >= 11 is 0. The van der Waals surface area contributed by atoms with Gasteiger partial charge in [-0.25, -0.2) is 9.59 Å². The molecule has 0 fully saturated rings. The van der Waals surface area contributed by atoms with Gasteiger partial charge in [0.05, 0.1) is 34.5 Å². The lowest BCUT2D eigenvalue weighted by Crippen LogP contribution is -2.25. The number of ether oxygens (including phenoxy) is 3. The Bertz CT molecular complexity index is 1600. The van der Waals surface area contributed by atoms with E-state index in [4.69, 9.17) is 14.2 Å². The molecular weight excluding hydrogens is 528 g/mol. The molecule has 1 aliphatic rings. The van der Waals surface area contributed by atoms with E-state index < -0.39 is 30.4 Å². The molecule has 4 rings (SSSR count). The Hall–Kier alpha value is -5.27. The van der Waals surface area contributed by atoms with Crippen LogP contribution in [0.15, 0.2) is 66.7 Å². The number of anilines is 2. The molecular formula is C31H26N2O8. The van der Waals surface area contributed by atoms with Crippen LogP contribution in [0.4, 0.5) is 11.4 Å². The van der Waals surface area contributed by atoms with Crippen molar-refractivity contribution < 1.29 is 38.5 Å². The lowest BCUT2D eigenvalue weighted by molar-refractivity contribution is -0.142. The minimum Gasteiger partial charge on any atom is -0.493 e. The lowest BCUT2D eigenvalue weighted by atomic mass is 9.81. The molecule has 3 aromatic carbocycles. The molecule has 3 aromatic rings. The number of benzene rings is 3. The van der Waals surface area contributed by atoms with Gasteiger partial charge >= 0.3 is 11.9 Å². The fraction of sp³-hybridized carbons (Fsp3) is 0.194. The van der Waals surface area contributed by atoms with E-state index in [0.29, 0.717) is 5.69 Å². The van der Waals surface area contributed by atoms with E-state index in [2.05, 4.69) is 18.0 Å². The van der Waals surface area contributed by atoms with Gasteiger partial charge in [-0.2, -0.15) is 5.26 Å². The number of aliphatic hydroxyl groups is 1. The number of rotatable bonds is 10. The van der Waals surface area contributed by atoms with Crippen LogP contribution in [0, 0.1) is 11.3 Å². The molecule has 0 amide bonds. The Morgan fingerprint density at radius 3 is 2.20 bits per heavy atom. The van der Waals surface area contributed by atoms with E-state index in [-0.39, 0.29) is 69.4 Å². The number of carbonyl (C=O) groups is 4. The van der Waals surface area contributed by atoms with Gasteiger partial charge in [0, 0.05) is 28.5 Å². The Balaban J connectivity index is 1.57. The number of nitrogens with one attached hydrogen (secondary N) is 1. The average molecular weight is 555 g/mol. The number of carbonyl (C=O) groups excluding carboxylic acids is 4. The zero-order valence-corrected chi connectivity index (χ0v) is 22.4. The van der Waals surface area contributed by atoms with Gasteiger partial charge in [-0.1, -0.05) is 30.8 Å². The first-order valence-electron chi connectivity index (χ1n) is 12.6. The van der Waals surface area contributed by atoms with Crippen LogP contribution in [0.25, 0.3) is 0 Å². The molecule has 1 unspecified atom stereocenters. The molecule has 10 heteroatoms. The highest BCUT2D eigenvalue weighted by atomic mass is 16.6. The molecule has 1 aliphatic carbocycles. The fourth-order valence-electron chi connectivity index (χ4n) is 4.18. The first-order chi connectivity index (χ1) is 19.7. The van der Waals surface area contributed by atoms with E-state index >= 15 is 0 Å². The molecule has 10 nitrogen and oxygen atoms in total. The smallest absolute Gasteiger partial charge is 0.338 e. The van der Waals surface area contributed by atoms with Crippen LogP contribution in [0.2, 0.25) is 0 Å². The van der Waals surface area contributed by atoms with Crippen molar-refractivity contribution in [1.29, 1.82) is 5.26 Å². The summed E-state index contributed by atoms with van der Waals surface area (Å²) in [6, 6.07) is 15.9. The molecule has 0 saturated heterocycles. The third kappa shape index (κ3) is 6.00. The molecule has 0 aliphatic heterocycles. The average Bonchev–Trinajstić information content (AvgIpc) is 2.98. The second-order valence-corrected chi connectivity index (χ2v) is 9.13. The van der Waals surface area contributed by atoms with E-state index in [1.54, 1.807) is 31.2 Å². The molecule has 208 valence electrons. The first-order valence-corrected chi connectivity index (χ1v) is 12.6. The lowest BCUT2D eigenvalue weighted by Gasteiger charge is -2.24. The van der Waals surface area contributed by atoms with Crippen LogP contribution < -0.4 is 10.1 Å². The van der Waals surface area contributed by atoms with Gasteiger partial charge < -0.3 is 24.6 Å². The summed E-state index contributed by atoms with van der Waals surface area (Å²) in [5.41, 5.74) is 1.58. The van der Waals surface area contributed by atoms with Crippen LogP contribution in [-0.4, -0.2) is 54.5 Å². The quantitative estimate of drug-likeness (QED) is 0.216. The van der Waals surface area contributed by atoms with Gasteiger partial charge in [-0.3, -0.25) is 9.59 Å². The summed E-state index contributed by atoms with van der Waals surface area (Å²) < 4.78 is 15.6. The van der Waals surface area contributed by atoms with Gasteiger partial charge in [0.15, 0.2) is 11.6 Å². The van der Waals surface area contributed by atoms with E-state index in [0.717, 1.165) is 0 Å². The molecule has 0 radical (unpaired) electrons. The van der Waals surface area contributed by atoms with Gasteiger partial charge in [-0.15, -0.1) is 0 Å². The first kappa shape index (κ1) is 28.7. The van der Waals surface area contributed by atoms with Crippen molar-refractivity contribution >= 4 is 34.9 Å². The van der Waals surface area contributed by atoms with Crippen LogP contribution in [0.5, 0.6) is 5.75 Å². The van der Waals surface area contributed by atoms with Gasteiger partial charge in [0.1, 0.15) is 31.1 Å². The summed E-state index contributed by atoms with van der Waals surface area (Å²) in [7, 11) is 0. The highest BCUT2D eigenvalue weighted by Gasteiger charge is 2.36. The predicted octanol–water partition coefficient (Wildman–Crippen LogP) is 4.11. The molecule has 0 spiro atoms. The fourth-order valence-corrected chi connectivity index (χ4v) is 4.18. The number of nitriles is 1. The number of hydrogen-bond donors (Lipinski definition) is 2. The molecule has 0 saturated carbocycles. The normalized spacial score (nSPS) is 12.3. The highest BCUT2D eigenvalue weighted by Crippen LogP contribution is 2.40. The van der Waals surface area contributed by atoms with Gasteiger partial charge in [0.2, 0.25) is 0 Å². The third-order valence-electron chi connectivity index (χ3n) is 6.13. The van der Waals surface area contributed by atoms with Crippen molar-refractivity contribution in [2.75, 3.05) is 25.1 Å². The Labute approximate surface area is 235 Å². The topological polar surface area (TPSA) is 152 Å². The van der Waals surface area contributed by atoms with Crippen molar-refractivity contribution in [2.24, 2.45) is 0 Å². The van der Waals surface area contributed by atoms with E-state index in [9.17, 15) is 29.5 Å². The maximum atomic E-state index is 13.6. The SMILES string of the molecule is C=C(C)C(=O)OCC(O)COC(=O)c1ccc(Nc2c(C#N)cc(OCC)c3c2C(=O)c2ccccc2C3=O)cc1. The standard InChI is InChI=1S/C31H26N2O8/c1-4-39-24-13-19(14-32)27(26-25(24)28(35)22-7-5-6-8-23(22)29(26)36)33-20-11-9-18(10-12-20)31(38)41-16-21(34)15-40-30(37)17(2)3/h5-13,21,33-34H,2,4,15-16H2,1,3H3. The number of hydrogen-bond acceptors (Lipinski definition) is 10. The molecule has 0 bridgehead atoms. The summed E-state index contributed by atoms with van der Waals surface area (Å²) in [6.07, 6.45) is -1.22. The third-order valence-corrected chi connectivity index (χ3v) is 6.13. The number of fused-ring (bicyclic) bond motifs is 2. The zero-order valence-electron chi connectivity index (χ0n) is 22.4. The molecule has 2 N–H and O–H groups in total. The zero-order chi connectivity index (χ0) is 29.7. The Kier molecular flexibility index (Phi) is 8.60.